The van der Waals surface area contributed by atoms with Gasteiger partial charge in [0.25, 0.3) is 5.91 Å². The van der Waals surface area contributed by atoms with E-state index in [4.69, 9.17) is 9.47 Å². The van der Waals surface area contributed by atoms with Gasteiger partial charge in [-0.05, 0) is 48.9 Å². The fourth-order valence-corrected chi connectivity index (χ4v) is 2.76. The summed E-state index contributed by atoms with van der Waals surface area (Å²) in [6.45, 7) is 2.65. The average Bonchev–Trinajstić information content (AvgIpc) is 3.16. The first kappa shape index (κ1) is 16.9. The molecule has 0 spiro atoms. The van der Waals surface area contributed by atoms with Crippen molar-refractivity contribution in [2.24, 2.45) is 0 Å². The van der Waals surface area contributed by atoms with E-state index in [1.807, 2.05) is 55.5 Å². The summed E-state index contributed by atoms with van der Waals surface area (Å²) in [4.78, 5) is 16.6. The van der Waals surface area contributed by atoms with Crippen LogP contribution in [-0.4, -0.2) is 17.7 Å². The number of aromatic nitrogens is 1. The van der Waals surface area contributed by atoms with Crippen LogP contribution in [0.3, 0.4) is 0 Å². The Morgan fingerprint density at radius 1 is 1.00 bits per heavy atom. The molecule has 1 aliphatic heterocycles. The minimum Gasteiger partial charge on any atom is -0.454 e. The summed E-state index contributed by atoms with van der Waals surface area (Å²) in [7, 11) is 0. The van der Waals surface area contributed by atoms with Crippen LogP contribution in [-0.2, 0) is 6.54 Å². The molecule has 4 rings (SSSR count). The van der Waals surface area contributed by atoms with Gasteiger partial charge >= 0.3 is 0 Å². The molecule has 1 aliphatic rings. The van der Waals surface area contributed by atoms with Crippen LogP contribution >= 0.6 is 0 Å². The van der Waals surface area contributed by atoms with E-state index in [0.717, 1.165) is 22.7 Å². The maximum absolute atomic E-state index is 12.4. The van der Waals surface area contributed by atoms with Crippen molar-refractivity contribution in [1.29, 1.82) is 0 Å². The maximum Gasteiger partial charge on any atom is 0.270 e. The summed E-state index contributed by atoms with van der Waals surface area (Å²) >= 11 is 0. The number of carbonyl (C=O) groups is 1. The molecule has 3 aromatic rings. The molecule has 0 saturated heterocycles. The molecule has 0 saturated carbocycles. The third kappa shape index (κ3) is 4.00. The van der Waals surface area contributed by atoms with Crippen LogP contribution in [0.15, 0.2) is 60.8 Å². The number of amides is 1. The molecule has 0 fully saturated rings. The summed E-state index contributed by atoms with van der Waals surface area (Å²) in [6, 6.07) is 17.2. The highest BCUT2D eigenvalue weighted by Crippen LogP contribution is 2.32. The van der Waals surface area contributed by atoms with Crippen molar-refractivity contribution in [3.63, 3.8) is 0 Å². The fourth-order valence-electron chi connectivity index (χ4n) is 2.76. The monoisotopic (exact) mass is 361 g/mol. The molecule has 1 amide bonds. The largest absolute Gasteiger partial charge is 0.454 e. The van der Waals surface area contributed by atoms with E-state index < -0.39 is 0 Å². The molecule has 2 heterocycles. The van der Waals surface area contributed by atoms with Gasteiger partial charge in [-0.25, -0.2) is 0 Å². The van der Waals surface area contributed by atoms with Crippen molar-refractivity contribution in [1.82, 2.24) is 10.3 Å². The summed E-state index contributed by atoms with van der Waals surface area (Å²) in [5.41, 5.74) is 4.24. The zero-order valence-electron chi connectivity index (χ0n) is 14.9. The molecule has 0 aliphatic carbocycles. The standard InChI is InChI=1S/C21H19N3O3/c1-14-2-5-16(6-3-14)24-17-8-9-22-18(11-17)21(25)23-12-15-4-7-19-20(10-15)27-13-26-19/h2-11H,12-13H2,1H3,(H,22,24)(H,23,25). The van der Waals surface area contributed by atoms with Crippen molar-refractivity contribution in [3.8, 4) is 11.5 Å². The van der Waals surface area contributed by atoms with Crippen LogP contribution in [0.2, 0.25) is 0 Å². The second-order valence-electron chi connectivity index (χ2n) is 6.29. The molecule has 1 aromatic heterocycles. The average molecular weight is 361 g/mol. The molecule has 0 unspecified atom stereocenters. The van der Waals surface area contributed by atoms with Gasteiger partial charge in [-0.15, -0.1) is 0 Å². The van der Waals surface area contributed by atoms with Gasteiger partial charge in [-0.3, -0.25) is 9.78 Å². The number of anilines is 2. The van der Waals surface area contributed by atoms with Gasteiger partial charge in [0.05, 0.1) is 0 Å². The molecule has 2 aromatic carbocycles. The van der Waals surface area contributed by atoms with Crippen LogP contribution in [0.1, 0.15) is 21.6 Å². The van der Waals surface area contributed by atoms with Crippen LogP contribution in [0.25, 0.3) is 0 Å². The molecule has 0 bridgehead atoms. The van der Waals surface area contributed by atoms with Gasteiger partial charge < -0.3 is 20.1 Å². The number of carbonyl (C=O) groups excluding carboxylic acids is 1. The van der Waals surface area contributed by atoms with Gasteiger partial charge in [0, 0.05) is 24.1 Å². The Hall–Kier alpha value is -3.54. The van der Waals surface area contributed by atoms with Gasteiger partial charge in [-0.2, -0.15) is 0 Å². The van der Waals surface area contributed by atoms with Gasteiger partial charge in [0.1, 0.15) is 5.69 Å². The highest BCUT2D eigenvalue weighted by Gasteiger charge is 2.14. The Morgan fingerprint density at radius 3 is 2.67 bits per heavy atom. The Balaban J connectivity index is 1.40. The van der Waals surface area contributed by atoms with E-state index in [1.54, 1.807) is 12.3 Å². The lowest BCUT2D eigenvalue weighted by atomic mass is 10.2. The highest BCUT2D eigenvalue weighted by atomic mass is 16.7. The van der Waals surface area contributed by atoms with E-state index in [1.165, 1.54) is 5.56 Å². The third-order valence-electron chi connectivity index (χ3n) is 4.22. The lowest BCUT2D eigenvalue weighted by Gasteiger charge is -2.09. The van der Waals surface area contributed by atoms with Crippen molar-refractivity contribution < 1.29 is 14.3 Å². The van der Waals surface area contributed by atoms with Crippen molar-refractivity contribution >= 4 is 17.3 Å². The minimum atomic E-state index is -0.236. The number of fused-ring (bicyclic) bond motifs is 1. The van der Waals surface area contributed by atoms with Crippen LogP contribution in [0, 0.1) is 6.92 Å². The molecule has 6 nitrogen and oxygen atoms in total. The van der Waals surface area contributed by atoms with Gasteiger partial charge in [0.2, 0.25) is 6.79 Å². The number of hydrogen-bond donors (Lipinski definition) is 2. The van der Waals surface area contributed by atoms with Gasteiger partial charge in [0.15, 0.2) is 11.5 Å². The number of pyridine rings is 1. The molecule has 136 valence electrons. The smallest absolute Gasteiger partial charge is 0.270 e. The molecule has 6 heteroatoms. The number of ether oxygens (including phenoxy) is 2. The zero-order chi connectivity index (χ0) is 18.6. The van der Waals surface area contributed by atoms with Crippen molar-refractivity contribution in [2.75, 3.05) is 12.1 Å². The SMILES string of the molecule is Cc1ccc(Nc2ccnc(C(=O)NCc3ccc4c(c3)OCO4)c2)cc1. The van der Waals surface area contributed by atoms with E-state index in [-0.39, 0.29) is 12.7 Å². The maximum atomic E-state index is 12.4. The normalized spacial score (nSPS) is 11.9. The van der Waals surface area contributed by atoms with E-state index >= 15 is 0 Å². The minimum absolute atomic E-state index is 0.232. The van der Waals surface area contributed by atoms with Crippen molar-refractivity contribution in [2.45, 2.75) is 13.5 Å². The molecule has 2 N–H and O–H groups in total. The Morgan fingerprint density at radius 2 is 1.81 bits per heavy atom. The quantitative estimate of drug-likeness (QED) is 0.723. The van der Waals surface area contributed by atoms with Gasteiger partial charge in [-0.1, -0.05) is 23.8 Å². The van der Waals surface area contributed by atoms with E-state index in [9.17, 15) is 4.79 Å². The second-order valence-corrected chi connectivity index (χ2v) is 6.29. The molecule has 0 radical (unpaired) electrons. The number of aryl methyl sites for hydroxylation is 1. The predicted octanol–water partition coefficient (Wildman–Crippen LogP) is 3.79. The Kier molecular flexibility index (Phi) is 4.61. The molecular formula is C21H19N3O3. The third-order valence-corrected chi connectivity index (χ3v) is 4.22. The number of nitrogens with one attached hydrogen (secondary N) is 2. The Bertz CT molecular complexity index is 971. The zero-order valence-corrected chi connectivity index (χ0v) is 14.9. The molecule has 27 heavy (non-hydrogen) atoms. The first-order valence-corrected chi connectivity index (χ1v) is 8.64. The number of hydrogen-bond acceptors (Lipinski definition) is 5. The molecular weight excluding hydrogens is 342 g/mol. The summed E-state index contributed by atoms with van der Waals surface area (Å²) in [5, 5.41) is 6.16. The van der Waals surface area contributed by atoms with Crippen LogP contribution in [0.4, 0.5) is 11.4 Å². The van der Waals surface area contributed by atoms with E-state index in [0.29, 0.717) is 18.0 Å². The van der Waals surface area contributed by atoms with E-state index in [2.05, 4.69) is 15.6 Å². The lowest BCUT2D eigenvalue weighted by molar-refractivity contribution is 0.0946. The number of nitrogens with zero attached hydrogens (tertiary/aromatic N) is 1. The summed E-state index contributed by atoms with van der Waals surface area (Å²) in [6.07, 6.45) is 1.62. The molecule has 0 atom stereocenters. The first-order chi connectivity index (χ1) is 13.2. The fraction of sp³-hybridized carbons (Fsp3) is 0.143. The topological polar surface area (TPSA) is 72.5 Å². The van der Waals surface area contributed by atoms with Crippen LogP contribution < -0.4 is 20.1 Å². The van der Waals surface area contributed by atoms with Crippen LogP contribution in [0.5, 0.6) is 11.5 Å². The summed E-state index contributed by atoms with van der Waals surface area (Å²) < 4.78 is 10.6. The number of benzene rings is 2. The van der Waals surface area contributed by atoms with Crippen molar-refractivity contribution in [3.05, 3.63) is 77.6 Å². The lowest BCUT2D eigenvalue weighted by Crippen LogP contribution is -2.23. The Labute approximate surface area is 157 Å². The summed E-state index contributed by atoms with van der Waals surface area (Å²) in [5.74, 6) is 1.19. The second kappa shape index (κ2) is 7.37. The predicted molar refractivity (Wildman–Crippen MR) is 102 cm³/mol. The highest BCUT2D eigenvalue weighted by molar-refractivity contribution is 5.93. The first-order valence-electron chi connectivity index (χ1n) is 8.64. The number of rotatable bonds is 5.